The Hall–Kier alpha value is -0.410. The van der Waals surface area contributed by atoms with Gasteiger partial charge in [0.15, 0.2) is 0 Å². The molecule has 0 aliphatic heterocycles. The van der Waals surface area contributed by atoms with Crippen molar-refractivity contribution in [2.75, 3.05) is 6.54 Å². The lowest BCUT2D eigenvalue weighted by Crippen LogP contribution is -2.32. The van der Waals surface area contributed by atoms with Crippen molar-refractivity contribution in [3.8, 4) is 0 Å². The molecule has 0 saturated heterocycles. The van der Waals surface area contributed by atoms with Crippen LogP contribution in [0.25, 0.3) is 0 Å². The van der Waals surface area contributed by atoms with Gasteiger partial charge in [0.05, 0.1) is 11.7 Å². The lowest BCUT2D eigenvalue weighted by atomic mass is 9.87. The van der Waals surface area contributed by atoms with Crippen molar-refractivity contribution in [1.82, 2.24) is 10.3 Å². The van der Waals surface area contributed by atoms with Crippen molar-refractivity contribution in [3.05, 3.63) is 15.6 Å². The van der Waals surface area contributed by atoms with Crippen molar-refractivity contribution in [2.24, 2.45) is 5.41 Å². The molecule has 0 bridgehead atoms. The summed E-state index contributed by atoms with van der Waals surface area (Å²) < 4.78 is 0. The Labute approximate surface area is 115 Å². The van der Waals surface area contributed by atoms with E-state index in [9.17, 15) is 0 Å². The van der Waals surface area contributed by atoms with E-state index in [1.54, 1.807) is 4.88 Å². The molecule has 1 N–H and O–H groups in total. The van der Waals surface area contributed by atoms with E-state index in [1.165, 1.54) is 42.8 Å². The monoisotopic (exact) mass is 266 g/mol. The fourth-order valence-electron chi connectivity index (χ4n) is 2.55. The fourth-order valence-corrected chi connectivity index (χ4v) is 4.02. The summed E-state index contributed by atoms with van der Waals surface area (Å²) in [5.41, 5.74) is 1.61. The van der Waals surface area contributed by atoms with E-state index in [0.29, 0.717) is 6.04 Å². The van der Waals surface area contributed by atoms with E-state index < -0.39 is 0 Å². The van der Waals surface area contributed by atoms with Gasteiger partial charge in [-0.25, -0.2) is 4.98 Å². The predicted molar refractivity (Wildman–Crippen MR) is 79.2 cm³/mol. The van der Waals surface area contributed by atoms with Gasteiger partial charge in [0.1, 0.15) is 5.01 Å². The number of thiazole rings is 1. The molecule has 0 saturated carbocycles. The highest BCUT2D eigenvalue weighted by molar-refractivity contribution is 7.11. The number of hydrogen-bond donors (Lipinski definition) is 1. The molecule has 1 aliphatic carbocycles. The van der Waals surface area contributed by atoms with Crippen LogP contribution in [0, 0.1) is 5.41 Å². The van der Waals surface area contributed by atoms with Crippen LogP contribution in [0.15, 0.2) is 0 Å². The van der Waals surface area contributed by atoms with Gasteiger partial charge < -0.3 is 5.32 Å². The molecule has 18 heavy (non-hydrogen) atoms. The van der Waals surface area contributed by atoms with Crippen LogP contribution >= 0.6 is 11.3 Å². The molecular formula is C15H26N2S. The Balaban J connectivity index is 2.22. The molecule has 1 atom stereocenters. The summed E-state index contributed by atoms with van der Waals surface area (Å²) in [5, 5.41) is 4.99. The van der Waals surface area contributed by atoms with E-state index in [0.717, 1.165) is 6.54 Å². The SMILES string of the molecule is CCCNC(c1nc2c(s1)CCCC2)C(C)(C)C. The molecule has 2 rings (SSSR count). The van der Waals surface area contributed by atoms with Gasteiger partial charge in [-0.2, -0.15) is 0 Å². The lowest BCUT2D eigenvalue weighted by molar-refractivity contribution is 0.272. The first-order valence-corrected chi connectivity index (χ1v) is 8.06. The van der Waals surface area contributed by atoms with Crippen LogP contribution in [-0.2, 0) is 12.8 Å². The van der Waals surface area contributed by atoms with Crippen LogP contribution in [0.1, 0.15) is 68.6 Å². The van der Waals surface area contributed by atoms with E-state index in [-0.39, 0.29) is 5.41 Å². The third-order valence-corrected chi connectivity index (χ3v) is 4.80. The first kappa shape index (κ1) is 14.0. The average molecular weight is 266 g/mol. The van der Waals surface area contributed by atoms with E-state index >= 15 is 0 Å². The molecule has 1 heterocycles. The highest BCUT2D eigenvalue weighted by Crippen LogP contribution is 2.37. The minimum Gasteiger partial charge on any atom is -0.308 e. The molecule has 2 nitrogen and oxygen atoms in total. The molecule has 0 radical (unpaired) electrons. The Bertz CT molecular complexity index is 366. The van der Waals surface area contributed by atoms with Crippen LogP contribution < -0.4 is 5.32 Å². The molecule has 0 fully saturated rings. The average Bonchev–Trinajstić information content (AvgIpc) is 2.70. The summed E-state index contributed by atoms with van der Waals surface area (Å²) in [6, 6.07) is 0.396. The molecule has 0 spiro atoms. The second kappa shape index (κ2) is 5.70. The summed E-state index contributed by atoms with van der Waals surface area (Å²) >= 11 is 1.95. The van der Waals surface area contributed by atoms with Crippen molar-refractivity contribution < 1.29 is 0 Å². The summed E-state index contributed by atoms with van der Waals surface area (Å²) in [4.78, 5) is 6.47. The van der Waals surface area contributed by atoms with Gasteiger partial charge in [-0.1, -0.05) is 27.7 Å². The topological polar surface area (TPSA) is 24.9 Å². The first-order valence-electron chi connectivity index (χ1n) is 7.24. The highest BCUT2D eigenvalue weighted by Gasteiger charge is 2.29. The molecule has 1 unspecified atom stereocenters. The van der Waals surface area contributed by atoms with Gasteiger partial charge in [-0.3, -0.25) is 0 Å². The number of nitrogens with zero attached hydrogens (tertiary/aromatic N) is 1. The minimum absolute atomic E-state index is 0.232. The zero-order chi connectivity index (χ0) is 13.2. The van der Waals surface area contributed by atoms with Gasteiger partial charge >= 0.3 is 0 Å². The smallest absolute Gasteiger partial charge is 0.111 e. The third kappa shape index (κ3) is 3.12. The van der Waals surface area contributed by atoms with E-state index in [1.807, 2.05) is 11.3 Å². The Kier molecular flexibility index (Phi) is 4.44. The molecule has 0 aromatic carbocycles. The number of aromatic nitrogens is 1. The van der Waals surface area contributed by atoms with Gasteiger partial charge in [-0.15, -0.1) is 11.3 Å². The second-order valence-corrected chi connectivity index (χ2v) is 7.50. The van der Waals surface area contributed by atoms with Crippen molar-refractivity contribution in [2.45, 2.75) is 65.8 Å². The number of aryl methyl sites for hydroxylation is 2. The number of fused-ring (bicyclic) bond motifs is 1. The number of nitrogens with one attached hydrogen (secondary N) is 1. The van der Waals surface area contributed by atoms with Crippen LogP contribution in [0.3, 0.4) is 0 Å². The van der Waals surface area contributed by atoms with Gasteiger partial charge in [-0.05, 0) is 44.1 Å². The maximum Gasteiger partial charge on any atom is 0.111 e. The highest BCUT2D eigenvalue weighted by atomic mass is 32.1. The molecule has 102 valence electrons. The lowest BCUT2D eigenvalue weighted by Gasteiger charge is -2.30. The summed E-state index contributed by atoms with van der Waals surface area (Å²) in [5.74, 6) is 0. The molecule has 1 aromatic rings. The largest absolute Gasteiger partial charge is 0.308 e. The summed E-state index contributed by atoms with van der Waals surface area (Å²) in [6.07, 6.45) is 6.28. The van der Waals surface area contributed by atoms with Crippen molar-refractivity contribution in [3.63, 3.8) is 0 Å². The van der Waals surface area contributed by atoms with Crippen LogP contribution in [0.5, 0.6) is 0 Å². The standard InChI is InChI=1S/C15H26N2S/c1-5-10-16-13(15(2,3)4)14-17-11-8-6-7-9-12(11)18-14/h13,16H,5-10H2,1-4H3. The second-order valence-electron chi connectivity index (χ2n) is 6.38. The van der Waals surface area contributed by atoms with E-state index in [4.69, 9.17) is 4.98 Å². The zero-order valence-electron chi connectivity index (χ0n) is 12.2. The maximum absolute atomic E-state index is 4.93. The number of hydrogen-bond acceptors (Lipinski definition) is 3. The van der Waals surface area contributed by atoms with Gasteiger partial charge in [0.2, 0.25) is 0 Å². The predicted octanol–water partition coefficient (Wildman–Crippen LogP) is 4.11. The zero-order valence-corrected chi connectivity index (χ0v) is 13.0. The number of rotatable bonds is 4. The van der Waals surface area contributed by atoms with Gasteiger partial charge in [0.25, 0.3) is 0 Å². The summed E-state index contributed by atoms with van der Waals surface area (Å²) in [6.45, 7) is 10.2. The van der Waals surface area contributed by atoms with Crippen molar-refractivity contribution >= 4 is 11.3 Å². The molecule has 1 aromatic heterocycles. The molecule has 3 heteroatoms. The fraction of sp³-hybridized carbons (Fsp3) is 0.800. The third-order valence-electron chi connectivity index (χ3n) is 3.57. The molecular weight excluding hydrogens is 240 g/mol. The van der Waals surface area contributed by atoms with Crippen LogP contribution in [0.2, 0.25) is 0 Å². The Morgan fingerprint density at radius 2 is 2.00 bits per heavy atom. The van der Waals surface area contributed by atoms with Gasteiger partial charge in [0, 0.05) is 4.88 Å². The van der Waals surface area contributed by atoms with E-state index in [2.05, 4.69) is 33.0 Å². The quantitative estimate of drug-likeness (QED) is 0.887. The van der Waals surface area contributed by atoms with Crippen molar-refractivity contribution in [1.29, 1.82) is 0 Å². The molecule has 1 aliphatic rings. The first-order chi connectivity index (χ1) is 8.52. The molecule has 0 amide bonds. The minimum atomic E-state index is 0.232. The Morgan fingerprint density at radius 3 is 2.61 bits per heavy atom. The van der Waals surface area contributed by atoms with Crippen LogP contribution in [0.4, 0.5) is 0 Å². The van der Waals surface area contributed by atoms with Crippen LogP contribution in [-0.4, -0.2) is 11.5 Å². The summed E-state index contributed by atoms with van der Waals surface area (Å²) in [7, 11) is 0. The normalized spacial score (nSPS) is 17.6. The Morgan fingerprint density at radius 1 is 1.28 bits per heavy atom. The maximum atomic E-state index is 4.93.